The van der Waals surface area contributed by atoms with Gasteiger partial charge in [-0.05, 0) is 37.5 Å². The van der Waals surface area contributed by atoms with Crippen LogP contribution < -0.4 is 0 Å². The van der Waals surface area contributed by atoms with E-state index in [1.807, 2.05) is 0 Å². The molecule has 2 aliphatic carbocycles. The number of hydrogen-bond donors (Lipinski definition) is 1. The molecule has 2 rings (SSSR count). The maximum atomic E-state index is 11.8. The van der Waals surface area contributed by atoms with Gasteiger partial charge in [-0.3, -0.25) is 4.79 Å². The van der Waals surface area contributed by atoms with E-state index in [4.69, 9.17) is 0 Å². The van der Waals surface area contributed by atoms with Crippen molar-refractivity contribution in [3.05, 3.63) is 0 Å². The van der Waals surface area contributed by atoms with Gasteiger partial charge < -0.3 is 5.11 Å². The molecular weight excluding hydrogens is 236 g/mol. The SMILES string of the molecule is CCCCCCC[C@@]1(O)CC[C@@H]2C(C)C(=O)C[C@H]2C1. The predicted octanol–water partition coefficient (Wildman–Crippen LogP) is 4.10. The Hall–Kier alpha value is -0.370. The highest BCUT2D eigenvalue weighted by Gasteiger charge is 2.47. The molecule has 0 aromatic rings. The van der Waals surface area contributed by atoms with Gasteiger partial charge >= 0.3 is 0 Å². The highest BCUT2D eigenvalue weighted by molar-refractivity contribution is 5.83. The zero-order valence-electron chi connectivity index (χ0n) is 12.7. The van der Waals surface area contributed by atoms with Crippen LogP contribution in [0.3, 0.4) is 0 Å². The largest absolute Gasteiger partial charge is 0.390 e. The van der Waals surface area contributed by atoms with Crippen molar-refractivity contribution in [2.45, 2.75) is 83.7 Å². The Morgan fingerprint density at radius 2 is 2.00 bits per heavy atom. The van der Waals surface area contributed by atoms with Gasteiger partial charge in [0.15, 0.2) is 0 Å². The maximum absolute atomic E-state index is 11.8. The van der Waals surface area contributed by atoms with Crippen LogP contribution in [0.1, 0.15) is 78.1 Å². The average molecular weight is 266 g/mol. The van der Waals surface area contributed by atoms with Crippen molar-refractivity contribution in [1.29, 1.82) is 0 Å². The van der Waals surface area contributed by atoms with Crippen molar-refractivity contribution >= 4 is 5.78 Å². The normalized spacial score (nSPS) is 38.5. The lowest BCUT2D eigenvalue weighted by Gasteiger charge is -2.39. The topological polar surface area (TPSA) is 37.3 Å². The lowest BCUT2D eigenvalue weighted by Crippen LogP contribution is -2.38. The number of unbranched alkanes of at least 4 members (excludes halogenated alkanes) is 4. The smallest absolute Gasteiger partial charge is 0.136 e. The van der Waals surface area contributed by atoms with E-state index in [1.165, 1.54) is 25.7 Å². The van der Waals surface area contributed by atoms with Gasteiger partial charge in [0.1, 0.15) is 5.78 Å². The number of fused-ring (bicyclic) bond motifs is 1. The summed E-state index contributed by atoms with van der Waals surface area (Å²) in [4.78, 5) is 11.8. The predicted molar refractivity (Wildman–Crippen MR) is 77.9 cm³/mol. The Balaban J connectivity index is 1.77. The highest BCUT2D eigenvalue weighted by atomic mass is 16.3. The van der Waals surface area contributed by atoms with E-state index in [0.717, 1.165) is 38.5 Å². The zero-order chi connectivity index (χ0) is 13.9. The van der Waals surface area contributed by atoms with Crippen LogP contribution >= 0.6 is 0 Å². The molecule has 1 N–H and O–H groups in total. The number of rotatable bonds is 6. The molecular formula is C17H30O2. The third-order valence-electron chi connectivity index (χ3n) is 5.55. The van der Waals surface area contributed by atoms with E-state index < -0.39 is 5.60 Å². The van der Waals surface area contributed by atoms with E-state index in [1.54, 1.807) is 0 Å². The van der Waals surface area contributed by atoms with E-state index >= 15 is 0 Å². The van der Waals surface area contributed by atoms with Crippen LogP contribution in [0.25, 0.3) is 0 Å². The standard InChI is InChI=1S/C17H30O2/c1-3-4-5-6-7-9-17(19)10-8-15-13(2)16(18)11-14(15)12-17/h13-15,19H,3-12H2,1-2H3/t13?,14-,15+,17+/m0/s1. The van der Waals surface area contributed by atoms with Gasteiger partial charge in [0, 0.05) is 12.3 Å². The Morgan fingerprint density at radius 3 is 2.74 bits per heavy atom. The van der Waals surface area contributed by atoms with Gasteiger partial charge in [0.05, 0.1) is 5.60 Å². The zero-order valence-corrected chi connectivity index (χ0v) is 12.7. The van der Waals surface area contributed by atoms with Crippen molar-refractivity contribution < 1.29 is 9.90 Å². The van der Waals surface area contributed by atoms with Gasteiger partial charge in [-0.25, -0.2) is 0 Å². The van der Waals surface area contributed by atoms with Gasteiger partial charge in [-0.1, -0.05) is 46.0 Å². The summed E-state index contributed by atoms with van der Waals surface area (Å²) in [6, 6.07) is 0. The van der Waals surface area contributed by atoms with Gasteiger partial charge in [0.25, 0.3) is 0 Å². The van der Waals surface area contributed by atoms with Crippen LogP contribution in [-0.4, -0.2) is 16.5 Å². The molecule has 0 aromatic heterocycles. The monoisotopic (exact) mass is 266 g/mol. The van der Waals surface area contributed by atoms with Gasteiger partial charge in [-0.15, -0.1) is 0 Å². The van der Waals surface area contributed by atoms with Crippen molar-refractivity contribution in [3.63, 3.8) is 0 Å². The molecule has 0 aromatic carbocycles. The third-order valence-corrected chi connectivity index (χ3v) is 5.55. The first-order chi connectivity index (χ1) is 9.06. The van der Waals surface area contributed by atoms with Crippen LogP contribution in [0, 0.1) is 17.8 Å². The molecule has 2 nitrogen and oxygen atoms in total. The van der Waals surface area contributed by atoms with Crippen LogP contribution in [0.15, 0.2) is 0 Å². The molecule has 0 radical (unpaired) electrons. The minimum Gasteiger partial charge on any atom is -0.390 e. The lowest BCUT2D eigenvalue weighted by atomic mass is 9.70. The molecule has 110 valence electrons. The molecule has 1 unspecified atom stereocenters. The summed E-state index contributed by atoms with van der Waals surface area (Å²) in [6.07, 6.45) is 10.8. The summed E-state index contributed by atoms with van der Waals surface area (Å²) in [5, 5.41) is 10.7. The molecule has 2 fully saturated rings. The molecule has 2 saturated carbocycles. The van der Waals surface area contributed by atoms with Crippen molar-refractivity contribution in [1.82, 2.24) is 0 Å². The van der Waals surface area contributed by atoms with Crippen molar-refractivity contribution in [2.24, 2.45) is 17.8 Å². The fourth-order valence-electron chi connectivity index (χ4n) is 4.26. The Morgan fingerprint density at radius 1 is 1.26 bits per heavy atom. The second-order valence-corrected chi connectivity index (χ2v) is 7.01. The van der Waals surface area contributed by atoms with Crippen LogP contribution in [-0.2, 0) is 4.79 Å². The maximum Gasteiger partial charge on any atom is 0.136 e. The Bertz CT molecular complexity index is 312. The minimum atomic E-state index is -0.461. The number of carbonyl (C=O) groups is 1. The molecule has 0 heterocycles. The average Bonchev–Trinajstić information content (AvgIpc) is 2.64. The molecule has 4 atom stereocenters. The molecule has 0 saturated heterocycles. The lowest BCUT2D eigenvalue weighted by molar-refractivity contribution is -0.120. The quantitative estimate of drug-likeness (QED) is 0.735. The molecule has 19 heavy (non-hydrogen) atoms. The first kappa shape index (κ1) is 15.0. The second kappa shape index (κ2) is 6.39. The second-order valence-electron chi connectivity index (χ2n) is 7.01. The fraction of sp³-hybridized carbons (Fsp3) is 0.941. The molecule has 2 aliphatic rings. The minimum absolute atomic E-state index is 0.249. The molecule has 0 bridgehead atoms. The number of Topliss-reactive ketones (excluding diaryl/α,β-unsaturated/α-hetero) is 1. The summed E-state index contributed by atoms with van der Waals surface area (Å²) in [5.41, 5.74) is -0.461. The Kier molecular flexibility index (Phi) is 5.05. The van der Waals surface area contributed by atoms with Gasteiger partial charge in [0.2, 0.25) is 0 Å². The van der Waals surface area contributed by atoms with Crippen LogP contribution in [0.5, 0.6) is 0 Å². The van der Waals surface area contributed by atoms with E-state index in [-0.39, 0.29) is 5.92 Å². The molecule has 2 heteroatoms. The molecule has 0 amide bonds. The number of ketones is 1. The number of carbonyl (C=O) groups excluding carboxylic acids is 1. The van der Waals surface area contributed by atoms with Crippen molar-refractivity contribution in [3.8, 4) is 0 Å². The number of aliphatic hydroxyl groups is 1. The molecule has 0 aliphatic heterocycles. The first-order valence-electron chi connectivity index (χ1n) is 8.31. The highest BCUT2D eigenvalue weighted by Crippen LogP contribution is 2.48. The first-order valence-corrected chi connectivity index (χ1v) is 8.31. The summed E-state index contributed by atoms with van der Waals surface area (Å²) >= 11 is 0. The summed E-state index contributed by atoms with van der Waals surface area (Å²) in [7, 11) is 0. The van der Waals surface area contributed by atoms with Crippen LogP contribution in [0.2, 0.25) is 0 Å². The Labute approximate surface area is 118 Å². The van der Waals surface area contributed by atoms with Gasteiger partial charge in [-0.2, -0.15) is 0 Å². The van der Waals surface area contributed by atoms with Crippen LogP contribution in [0.4, 0.5) is 0 Å². The van der Waals surface area contributed by atoms with Crippen molar-refractivity contribution in [2.75, 3.05) is 0 Å². The third kappa shape index (κ3) is 3.59. The molecule has 0 spiro atoms. The number of hydrogen-bond acceptors (Lipinski definition) is 2. The van der Waals surface area contributed by atoms with E-state index in [9.17, 15) is 9.90 Å². The summed E-state index contributed by atoms with van der Waals surface area (Å²) in [6.45, 7) is 4.31. The fourth-order valence-corrected chi connectivity index (χ4v) is 4.26. The summed E-state index contributed by atoms with van der Waals surface area (Å²) in [5.74, 6) is 1.71. The van der Waals surface area contributed by atoms with E-state index in [0.29, 0.717) is 17.6 Å². The van der Waals surface area contributed by atoms with E-state index in [2.05, 4.69) is 13.8 Å². The summed E-state index contributed by atoms with van der Waals surface area (Å²) < 4.78 is 0.